The highest BCUT2D eigenvalue weighted by Gasteiger charge is 2.60. The second-order valence-corrected chi connectivity index (χ2v) is 8.13. The van der Waals surface area contributed by atoms with Gasteiger partial charge >= 0.3 is 6.18 Å². The van der Waals surface area contributed by atoms with Crippen molar-refractivity contribution in [3.8, 4) is 0 Å². The van der Waals surface area contributed by atoms with Gasteiger partial charge in [-0.2, -0.15) is 18.2 Å². The monoisotopic (exact) mass is 393 g/mol. The largest absolute Gasteiger partial charge is 0.408 e. The highest BCUT2D eigenvalue weighted by Crippen LogP contribution is 2.50. The van der Waals surface area contributed by atoms with Gasteiger partial charge in [0.15, 0.2) is 6.04 Å². The molecule has 0 amide bonds. The average molecular weight is 393 g/mol. The molecule has 6 heteroatoms. The molecule has 2 atom stereocenters. The Kier molecular flexibility index (Phi) is 5.84. The molecule has 1 aliphatic rings. The standard InChI is InChI=1S/C22H26F3NO2/c1-20(2,3)21(18-12-8-5-9-13-18)16-27-15-19(22(23,24)25)26(21)28-14-17-10-6-4-7-11-17/h4-13,19H,14-16H2,1-3H3. The van der Waals surface area contributed by atoms with Crippen molar-refractivity contribution in [3.63, 3.8) is 0 Å². The summed E-state index contributed by atoms with van der Waals surface area (Å²) in [4.78, 5) is 5.94. The quantitative estimate of drug-likeness (QED) is 0.701. The van der Waals surface area contributed by atoms with Crippen LogP contribution in [-0.4, -0.2) is 30.5 Å². The number of halogens is 3. The van der Waals surface area contributed by atoms with Gasteiger partial charge in [-0.1, -0.05) is 81.4 Å². The van der Waals surface area contributed by atoms with E-state index in [-0.39, 0.29) is 13.2 Å². The van der Waals surface area contributed by atoms with E-state index < -0.39 is 29.8 Å². The van der Waals surface area contributed by atoms with E-state index in [9.17, 15) is 13.2 Å². The third kappa shape index (κ3) is 3.95. The van der Waals surface area contributed by atoms with Gasteiger partial charge < -0.3 is 4.74 Å². The molecule has 0 aliphatic carbocycles. The number of ether oxygens (including phenoxy) is 1. The van der Waals surface area contributed by atoms with Gasteiger partial charge in [0, 0.05) is 0 Å². The maximum absolute atomic E-state index is 14.0. The van der Waals surface area contributed by atoms with E-state index in [2.05, 4.69) is 0 Å². The van der Waals surface area contributed by atoms with Crippen molar-refractivity contribution in [2.75, 3.05) is 13.2 Å². The summed E-state index contributed by atoms with van der Waals surface area (Å²) in [7, 11) is 0. The smallest absolute Gasteiger partial charge is 0.377 e. The third-order valence-electron chi connectivity index (χ3n) is 5.33. The van der Waals surface area contributed by atoms with Crippen molar-refractivity contribution < 1.29 is 22.7 Å². The number of benzene rings is 2. The lowest BCUT2D eigenvalue weighted by molar-refractivity contribution is -0.371. The fraction of sp³-hybridized carbons (Fsp3) is 0.455. The van der Waals surface area contributed by atoms with Crippen molar-refractivity contribution in [2.24, 2.45) is 5.41 Å². The Morgan fingerprint density at radius 3 is 2.11 bits per heavy atom. The maximum Gasteiger partial charge on any atom is 0.408 e. The average Bonchev–Trinajstić information content (AvgIpc) is 2.66. The van der Waals surface area contributed by atoms with Crippen LogP contribution < -0.4 is 0 Å². The number of hydroxylamine groups is 2. The van der Waals surface area contributed by atoms with Gasteiger partial charge in [-0.05, 0) is 16.5 Å². The summed E-state index contributed by atoms with van der Waals surface area (Å²) in [5.41, 5.74) is -0.133. The van der Waals surface area contributed by atoms with E-state index >= 15 is 0 Å². The summed E-state index contributed by atoms with van der Waals surface area (Å²) in [6.07, 6.45) is -4.48. The molecule has 1 aliphatic heterocycles. The lowest BCUT2D eigenvalue weighted by atomic mass is 9.68. The molecular weight excluding hydrogens is 367 g/mol. The highest BCUT2D eigenvalue weighted by molar-refractivity contribution is 5.28. The molecule has 0 radical (unpaired) electrons. The van der Waals surface area contributed by atoms with Crippen LogP contribution >= 0.6 is 0 Å². The molecular formula is C22H26F3NO2. The van der Waals surface area contributed by atoms with Crippen LogP contribution in [0.1, 0.15) is 31.9 Å². The molecule has 2 aromatic rings. The summed E-state index contributed by atoms with van der Waals surface area (Å²) in [5.74, 6) is 0. The maximum atomic E-state index is 14.0. The van der Waals surface area contributed by atoms with Crippen molar-refractivity contribution in [1.82, 2.24) is 5.06 Å². The number of alkyl halides is 3. The first-order chi connectivity index (χ1) is 13.2. The normalized spacial score (nSPS) is 24.3. The van der Waals surface area contributed by atoms with Crippen LogP contribution in [0, 0.1) is 5.41 Å². The summed E-state index contributed by atoms with van der Waals surface area (Å²) < 4.78 is 47.4. The second-order valence-electron chi connectivity index (χ2n) is 8.13. The Hall–Kier alpha value is -1.89. The SMILES string of the molecule is CC(C)(C)C1(c2ccccc2)COCC(C(F)(F)F)N1OCc1ccccc1. The molecule has 3 nitrogen and oxygen atoms in total. The Morgan fingerprint density at radius 2 is 1.57 bits per heavy atom. The van der Waals surface area contributed by atoms with Gasteiger partial charge in [0.25, 0.3) is 0 Å². The van der Waals surface area contributed by atoms with E-state index in [1.165, 1.54) is 0 Å². The van der Waals surface area contributed by atoms with Gasteiger partial charge in [-0.15, -0.1) is 0 Å². The molecule has 2 aromatic carbocycles. The minimum Gasteiger partial charge on any atom is -0.377 e. The molecule has 0 bridgehead atoms. The Labute approximate surface area is 164 Å². The highest BCUT2D eigenvalue weighted by atomic mass is 19.4. The van der Waals surface area contributed by atoms with E-state index in [1.807, 2.05) is 81.4 Å². The number of morpholine rings is 1. The summed E-state index contributed by atoms with van der Waals surface area (Å²) in [6, 6.07) is 16.5. The van der Waals surface area contributed by atoms with Crippen LogP contribution in [-0.2, 0) is 21.7 Å². The zero-order valence-electron chi connectivity index (χ0n) is 16.4. The van der Waals surface area contributed by atoms with Crippen molar-refractivity contribution >= 4 is 0 Å². The lowest BCUT2D eigenvalue weighted by Crippen LogP contribution is -2.67. The zero-order valence-corrected chi connectivity index (χ0v) is 16.4. The summed E-state index contributed by atoms with van der Waals surface area (Å²) in [6.45, 7) is 5.46. The predicted molar refractivity (Wildman–Crippen MR) is 101 cm³/mol. The molecule has 28 heavy (non-hydrogen) atoms. The first kappa shape index (κ1) is 20.8. The molecule has 0 aromatic heterocycles. The number of nitrogens with zero attached hydrogens (tertiary/aromatic N) is 1. The van der Waals surface area contributed by atoms with Crippen LogP contribution in [0.15, 0.2) is 60.7 Å². The van der Waals surface area contributed by atoms with Crippen LogP contribution in [0.4, 0.5) is 13.2 Å². The van der Waals surface area contributed by atoms with E-state index in [0.29, 0.717) is 0 Å². The van der Waals surface area contributed by atoms with Crippen molar-refractivity contribution in [2.45, 2.75) is 45.1 Å². The number of rotatable bonds is 4. The molecule has 0 N–H and O–H groups in total. The van der Waals surface area contributed by atoms with Crippen LogP contribution in [0.25, 0.3) is 0 Å². The van der Waals surface area contributed by atoms with Crippen molar-refractivity contribution in [3.05, 3.63) is 71.8 Å². The van der Waals surface area contributed by atoms with Gasteiger partial charge in [0.05, 0.1) is 25.4 Å². The molecule has 1 heterocycles. The van der Waals surface area contributed by atoms with Gasteiger partial charge in [0.2, 0.25) is 0 Å². The Balaban J connectivity index is 2.08. The van der Waals surface area contributed by atoms with Gasteiger partial charge in [-0.3, -0.25) is 4.84 Å². The van der Waals surface area contributed by atoms with Crippen LogP contribution in [0.3, 0.4) is 0 Å². The van der Waals surface area contributed by atoms with Crippen LogP contribution in [0.2, 0.25) is 0 Å². The second kappa shape index (κ2) is 7.85. The molecule has 1 fully saturated rings. The first-order valence-corrected chi connectivity index (χ1v) is 9.32. The fourth-order valence-electron chi connectivity index (χ4n) is 3.77. The fourth-order valence-corrected chi connectivity index (χ4v) is 3.77. The zero-order chi connectivity index (χ0) is 20.4. The third-order valence-corrected chi connectivity index (χ3v) is 5.33. The molecule has 0 saturated carbocycles. The summed E-state index contributed by atoms with van der Waals surface area (Å²) in [5, 5.41) is 1.15. The van der Waals surface area contributed by atoms with Gasteiger partial charge in [-0.25, -0.2) is 0 Å². The first-order valence-electron chi connectivity index (χ1n) is 9.32. The molecule has 3 rings (SSSR count). The van der Waals surface area contributed by atoms with Crippen LogP contribution in [0.5, 0.6) is 0 Å². The molecule has 1 saturated heterocycles. The molecule has 2 unspecified atom stereocenters. The minimum atomic E-state index is -4.48. The Morgan fingerprint density at radius 1 is 1.00 bits per heavy atom. The van der Waals surface area contributed by atoms with E-state index in [1.54, 1.807) is 0 Å². The number of hydrogen-bond acceptors (Lipinski definition) is 3. The predicted octanol–water partition coefficient (Wildman–Crippen LogP) is 5.32. The molecule has 152 valence electrons. The Bertz CT molecular complexity index is 759. The summed E-state index contributed by atoms with van der Waals surface area (Å²) >= 11 is 0. The minimum absolute atomic E-state index is 0.0537. The van der Waals surface area contributed by atoms with E-state index in [0.717, 1.165) is 16.2 Å². The topological polar surface area (TPSA) is 21.7 Å². The van der Waals surface area contributed by atoms with E-state index in [4.69, 9.17) is 9.57 Å². The lowest BCUT2D eigenvalue weighted by Gasteiger charge is -2.56. The number of hydrogen-bond donors (Lipinski definition) is 0. The van der Waals surface area contributed by atoms with Crippen molar-refractivity contribution in [1.29, 1.82) is 0 Å². The van der Waals surface area contributed by atoms with Gasteiger partial charge in [0.1, 0.15) is 0 Å². The molecule has 0 spiro atoms.